The molecule has 0 amide bonds. The summed E-state index contributed by atoms with van der Waals surface area (Å²) in [5, 5.41) is 7.84. The van der Waals surface area contributed by atoms with Crippen molar-refractivity contribution >= 4 is 10.0 Å². The summed E-state index contributed by atoms with van der Waals surface area (Å²) in [4.78, 5) is 0. The molecular formula is C9H16N2O3S. The van der Waals surface area contributed by atoms with Crippen molar-refractivity contribution in [2.75, 3.05) is 19.7 Å². The molecule has 1 saturated heterocycles. The van der Waals surface area contributed by atoms with Crippen LogP contribution in [0.1, 0.15) is 20.3 Å². The summed E-state index contributed by atoms with van der Waals surface area (Å²) < 4.78 is 30.5. The van der Waals surface area contributed by atoms with Crippen LogP contribution >= 0.6 is 0 Å². The molecule has 6 heteroatoms. The Morgan fingerprint density at radius 2 is 2.33 bits per heavy atom. The minimum absolute atomic E-state index is 0.0928. The van der Waals surface area contributed by atoms with E-state index in [9.17, 15) is 8.42 Å². The summed E-state index contributed by atoms with van der Waals surface area (Å²) in [5.41, 5.74) is 0. The van der Waals surface area contributed by atoms with E-state index in [-0.39, 0.29) is 6.10 Å². The molecule has 1 aliphatic rings. The van der Waals surface area contributed by atoms with Gasteiger partial charge in [0.05, 0.1) is 18.8 Å². The third-order valence-corrected chi connectivity index (χ3v) is 4.65. The van der Waals surface area contributed by atoms with Gasteiger partial charge in [0.1, 0.15) is 0 Å². The van der Waals surface area contributed by atoms with Gasteiger partial charge in [0, 0.05) is 13.1 Å². The largest absolute Gasteiger partial charge is 0.376 e. The molecule has 0 radical (unpaired) electrons. The molecule has 0 saturated carbocycles. The van der Waals surface area contributed by atoms with Crippen LogP contribution in [0.3, 0.4) is 0 Å². The van der Waals surface area contributed by atoms with Gasteiger partial charge >= 0.3 is 0 Å². The number of rotatable bonds is 3. The molecule has 0 spiro atoms. The second kappa shape index (κ2) is 4.92. The van der Waals surface area contributed by atoms with Crippen molar-refractivity contribution in [2.24, 2.45) is 0 Å². The zero-order valence-corrected chi connectivity index (χ0v) is 9.83. The minimum Gasteiger partial charge on any atom is -0.376 e. The van der Waals surface area contributed by atoms with Crippen molar-refractivity contribution in [3.63, 3.8) is 0 Å². The third-order valence-electron chi connectivity index (χ3n) is 2.44. The number of nitriles is 1. The van der Waals surface area contributed by atoms with E-state index in [1.807, 2.05) is 13.0 Å². The van der Waals surface area contributed by atoms with Crippen molar-refractivity contribution in [1.29, 1.82) is 5.26 Å². The molecule has 2 atom stereocenters. The fourth-order valence-electron chi connectivity index (χ4n) is 1.57. The zero-order valence-electron chi connectivity index (χ0n) is 9.01. The van der Waals surface area contributed by atoms with Gasteiger partial charge in [-0.2, -0.15) is 9.57 Å². The van der Waals surface area contributed by atoms with E-state index in [2.05, 4.69) is 0 Å². The van der Waals surface area contributed by atoms with Crippen LogP contribution < -0.4 is 0 Å². The lowest BCUT2D eigenvalue weighted by atomic mass is 10.3. The summed E-state index contributed by atoms with van der Waals surface area (Å²) in [7, 11) is -3.46. The molecule has 0 N–H and O–H groups in total. The first-order valence-corrected chi connectivity index (χ1v) is 6.52. The van der Waals surface area contributed by atoms with Crippen molar-refractivity contribution in [2.45, 2.75) is 31.6 Å². The highest BCUT2D eigenvalue weighted by Gasteiger charge is 2.33. The normalized spacial score (nSPS) is 25.8. The fourth-order valence-corrected chi connectivity index (χ4v) is 3.23. The predicted octanol–water partition coefficient (Wildman–Crippen LogP) is 0.339. The van der Waals surface area contributed by atoms with Crippen molar-refractivity contribution in [3.05, 3.63) is 0 Å². The molecule has 1 aliphatic heterocycles. The van der Waals surface area contributed by atoms with Gasteiger partial charge in [-0.1, -0.05) is 6.92 Å². The fraction of sp³-hybridized carbons (Fsp3) is 0.889. The number of hydrogen-bond donors (Lipinski definition) is 0. The third kappa shape index (κ3) is 2.68. The van der Waals surface area contributed by atoms with Crippen LogP contribution in [-0.4, -0.2) is 43.8 Å². The summed E-state index contributed by atoms with van der Waals surface area (Å²) in [6.45, 7) is 4.64. The molecule has 5 nitrogen and oxygen atoms in total. The van der Waals surface area contributed by atoms with Crippen LogP contribution in [0.5, 0.6) is 0 Å². The summed E-state index contributed by atoms with van der Waals surface area (Å²) in [6.07, 6.45) is 0.231. The van der Waals surface area contributed by atoms with Gasteiger partial charge in [-0.05, 0) is 13.3 Å². The van der Waals surface area contributed by atoms with Crippen molar-refractivity contribution in [3.8, 4) is 6.07 Å². The lowest BCUT2D eigenvalue weighted by Gasteiger charge is -2.31. The van der Waals surface area contributed by atoms with Crippen LogP contribution in [0, 0.1) is 11.3 Å². The first-order valence-electron chi connectivity index (χ1n) is 5.02. The highest BCUT2D eigenvalue weighted by Crippen LogP contribution is 2.15. The lowest BCUT2D eigenvalue weighted by Crippen LogP contribution is -2.47. The molecule has 0 aromatic carbocycles. The van der Waals surface area contributed by atoms with E-state index in [0.717, 1.165) is 0 Å². The van der Waals surface area contributed by atoms with Crippen LogP contribution in [0.25, 0.3) is 0 Å². The molecule has 2 unspecified atom stereocenters. The smallest absolute Gasteiger partial charge is 0.230 e. The Hall–Kier alpha value is -0.640. The van der Waals surface area contributed by atoms with E-state index < -0.39 is 15.3 Å². The van der Waals surface area contributed by atoms with Gasteiger partial charge in [0.25, 0.3) is 0 Å². The molecular weight excluding hydrogens is 216 g/mol. The zero-order chi connectivity index (χ0) is 11.5. The van der Waals surface area contributed by atoms with Crippen LogP contribution in [0.2, 0.25) is 0 Å². The maximum atomic E-state index is 11.9. The Morgan fingerprint density at radius 3 is 2.80 bits per heavy atom. The first kappa shape index (κ1) is 12.4. The first-order chi connectivity index (χ1) is 7.02. The number of nitrogens with zero attached hydrogens (tertiary/aromatic N) is 2. The summed E-state index contributed by atoms with van der Waals surface area (Å²) in [6, 6.07) is 1.83. The molecule has 0 aromatic rings. The second-order valence-corrected chi connectivity index (χ2v) is 5.73. The lowest BCUT2D eigenvalue weighted by molar-refractivity contribution is 0.01000. The standard InChI is InChI=1S/C9H16N2O3S/c1-3-9(6-10)15(12,13)11-4-5-14-8(2)7-11/h8-9H,3-5,7H2,1-2H3. The quantitative estimate of drug-likeness (QED) is 0.703. The van der Waals surface area contributed by atoms with E-state index in [4.69, 9.17) is 10.00 Å². The number of sulfonamides is 1. The Bertz CT molecular complexity index is 347. The molecule has 86 valence electrons. The predicted molar refractivity (Wildman–Crippen MR) is 55.6 cm³/mol. The molecule has 1 fully saturated rings. The molecule has 0 bridgehead atoms. The monoisotopic (exact) mass is 232 g/mol. The van der Waals surface area contributed by atoms with Crippen molar-refractivity contribution in [1.82, 2.24) is 4.31 Å². The molecule has 1 heterocycles. The second-order valence-electron chi connectivity index (χ2n) is 3.61. The SMILES string of the molecule is CCC(C#N)S(=O)(=O)N1CCOC(C)C1. The average Bonchev–Trinajstić information content (AvgIpc) is 2.19. The van der Waals surface area contributed by atoms with Gasteiger partial charge in [-0.25, -0.2) is 8.42 Å². The number of ether oxygens (including phenoxy) is 1. The van der Waals surface area contributed by atoms with E-state index in [0.29, 0.717) is 26.1 Å². The van der Waals surface area contributed by atoms with Gasteiger partial charge in [-0.3, -0.25) is 0 Å². The van der Waals surface area contributed by atoms with Crippen molar-refractivity contribution < 1.29 is 13.2 Å². The maximum absolute atomic E-state index is 11.9. The van der Waals surface area contributed by atoms with Gasteiger partial charge in [0.15, 0.2) is 5.25 Å². The maximum Gasteiger partial charge on any atom is 0.230 e. The Labute approximate surface area is 90.7 Å². The van der Waals surface area contributed by atoms with Gasteiger partial charge in [-0.15, -0.1) is 0 Å². The Morgan fingerprint density at radius 1 is 1.67 bits per heavy atom. The highest BCUT2D eigenvalue weighted by molar-refractivity contribution is 7.90. The topological polar surface area (TPSA) is 70.4 Å². The molecule has 15 heavy (non-hydrogen) atoms. The number of hydrogen-bond acceptors (Lipinski definition) is 4. The van der Waals surface area contributed by atoms with E-state index in [1.165, 1.54) is 4.31 Å². The van der Waals surface area contributed by atoms with Crippen LogP contribution in [0.4, 0.5) is 0 Å². The minimum atomic E-state index is -3.46. The summed E-state index contributed by atoms with van der Waals surface area (Å²) >= 11 is 0. The van der Waals surface area contributed by atoms with E-state index >= 15 is 0 Å². The highest BCUT2D eigenvalue weighted by atomic mass is 32.2. The molecule has 0 aliphatic carbocycles. The summed E-state index contributed by atoms with van der Waals surface area (Å²) in [5.74, 6) is 0. The average molecular weight is 232 g/mol. The number of morpholine rings is 1. The van der Waals surface area contributed by atoms with Gasteiger partial charge in [0.2, 0.25) is 10.0 Å². The Balaban J connectivity index is 2.81. The molecule has 1 rings (SSSR count). The van der Waals surface area contributed by atoms with E-state index in [1.54, 1.807) is 6.92 Å². The molecule has 0 aromatic heterocycles. The Kier molecular flexibility index (Phi) is 4.08. The van der Waals surface area contributed by atoms with Crippen LogP contribution in [0.15, 0.2) is 0 Å². The van der Waals surface area contributed by atoms with Crippen LogP contribution in [-0.2, 0) is 14.8 Å². The van der Waals surface area contributed by atoms with Gasteiger partial charge < -0.3 is 4.74 Å².